The maximum absolute atomic E-state index is 6.27. The van der Waals surface area contributed by atoms with Crippen molar-refractivity contribution in [2.45, 2.75) is 0 Å². The molecule has 1 aliphatic rings. The highest BCUT2D eigenvalue weighted by molar-refractivity contribution is 5.81. The smallest absolute Gasteiger partial charge is 0.231 e. The summed E-state index contributed by atoms with van der Waals surface area (Å²) < 4.78 is 21.3. The second-order valence-corrected chi connectivity index (χ2v) is 5.87. The third-order valence-electron chi connectivity index (χ3n) is 4.18. The van der Waals surface area contributed by atoms with Crippen molar-refractivity contribution in [3.05, 3.63) is 42.7 Å². The molecule has 0 amide bonds. The number of aromatic nitrogens is 2. The molecule has 9 heteroatoms. The van der Waals surface area contributed by atoms with Crippen LogP contribution in [0.3, 0.4) is 0 Å². The van der Waals surface area contributed by atoms with Gasteiger partial charge in [0.05, 0.1) is 19.9 Å². The Morgan fingerprint density at radius 2 is 1.71 bits per heavy atom. The number of ether oxygens (including phenoxy) is 4. The lowest BCUT2D eigenvalue weighted by molar-refractivity contribution is 0.174. The number of nitrogens with two attached hydrogens (primary N) is 1. The van der Waals surface area contributed by atoms with Gasteiger partial charge in [0, 0.05) is 17.8 Å². The van der Waals surface area contributed by atoms with E-state index in [1.54, 1.807) is 20.3 Å². The minimum atomic E-state index is 0.214. The third kappa shape index (κ3) is 3.37. The molecule has 4 N–H and O–H groups in total. The summed E-state index contributed by atoms with van der Waals surface area (Å²) in [4.78, 5) is 8.46. The molecule has 0 bridgehead atoms. The Bertz CT molecular complexity index is 1010. The number of benzene rings is 2. The van der Waals surface area contributed by atoms with E-state index >= 15 is 0 Å². The predicted octanol–water partition coefficient (Wildman–Crippen LogP) is 3.29. The number of anilines is 5. The number of rotatable bonds is 6. The van der Waals surface area contributed by atoms with Gasteiger partial charge in [0.25, 0.3) is 0 Å². The summed E-state index contributed by atoms with van der Waals surface area (Å²) in [7, 11) is 3.17. The average Bonchev–Trinajstić information content (AvgIpc) is 3.19. The minimum Gasteiger partial charge on any atom is -0.497 e. The van der Waals surface area contributed by atoms with Gasteiger partial charge in [-0.3, -0.25) is 0 Å². The molecule has 28 heavy (non-hydrogen) atoms. The number of hydrogen-bond acceptors (Lipinski definition) is 9. The van der Waals surface area contributed by atoms with E-state index in [2.05, 4.69) is 20.6 Å². The zero-order valence-corrected chi connectivity index (χ0v) is 15.4. The SMILES string of the molecule is COc1ccc(Nc2ncnc(Nc3ccc4c(c3)OCO4)c2N)c(OC)c1. The number of fused-ring (bicyclic) bond motifs is 1. The zero-order chi connectivity index (χ0) is 19.5. The first-order valence-corrected chi connectivity index (χ1v) is 8.44. The molecule has 1 aliphatic heterocycles. The van der Waals surface area contributed by atoms with Gasteiger partial charge in [-0.25, -0.2) is 9.97 Å². The van der Waals surface area contributed by atoms with Crippen LogP contribution in [0.5, 0.6) is 23.0 Å². The lowest BCUT2D eigenvalue weighted by Crippen LogP contribution is -2.06. The van der Waals surface area contributed by atoms with Gasteiger partial charge in [-0.15, -0.1) is 0 Å². The second kappa shape index (κ2) is 7.39. The maximum Gasteiger partial charge on any atom is 0.231 e. The van der Waals surface area contributed by atoms with E-state index in [0.717, 1.165) is 5.69 Å². The molecule has 144 valence electrons. The number of hydrogen-bond donors (Lipinski definition) is 3. The molecule has 0 saturated heterocycles. The van der Waals surface area contributed by atoms with Crippen molar-refractivity contribution in [3.8, 4) is 23.0 Å². The first kappa shape index (κ1) is 17.5. The molecule has 2 aromatic carbocycles. The Morgan fingerprint density at radius 3 is 2.50 bits per heavy atom. The Morgan fingerprint density at radius 1 is 0.929 bits per heavy atom. The van der Waals surface area contributed by atoms with Crippen LogP contribution in [0.1, 0.15) is 0 Å². The fourth-order valence-corrected chi connectivity index (χ4v) is 2.74. The molecular formula is C19H19N5O4. The minimum absolute atomic E-state index is 0.214. The van der Waals surface area contributed by atoms with Crippen molar-refractivity contribution < 1.29 is 18.9 Å². The lowest BCUT2D eigenvalue weighted by atomic mass is 10.2. The van der Waals surface area contributed by atoms with E-state index in [0.29, 0.717) is 46.0 Å². The van der Waals surface area contributed by atoms with E-state index in [1.165, 1.54) is 6.33 Å². The first-order valence-electron chi connectivity index (χ1n) is 8.44. The Balaban J connectivity index is 1.59. The van der Waals surface area contributed by atoms with Gasteiger partial charge in [-0.05, 0) is 24.3 Å². The topological polar surface area (TPSA) is 113 Å². The molecular weight excluding hydrogens is 362 g/mol. The number of methoxy groups -OCH3 is 2. The van der Waals surface area contributed by atoms with Crippen LogP contribution in [0.4, 0.5) is 28.7 Å². The fourth-order valence-electron chi connectivity index (χ4n) is 2.74. The highest BCUT2D eigenvalue weighted by atomic mass is 16.7. The van der Waals surface area contributed by atoms with Gasteiger partial charge in [0.1, 0.15) is 23.5 Å². The molecule has 1 aromatic heterocycles. The van der Waals surface area contributed by atoms with Crippen molar-refractivity contribution in [2.75, 3.05) is 37.4 Å². The fraction of sp³-hybridized carbons (Fsp3) is 0.158. The molecule has 0 spiro atoms. The quantitative estimate of drug-likeness (QED) is 0.592. The van der Waals surface area contributed by atoms with Crippen LogP contribution < -0.4 is 35.3 Å². The zero-order valence-electron chi connectivity index (χ0n) is 15.4. The normalized spacial score (nSPS) is 11.8. The highest BCUT2D eigenvalue weighted by Gasteiger charge is 2.15. The van der Waals surface area contributed by atoms with Crippen molar-refractivity contribution in [1.29, 1.82) is 0 Å². The van der Waals surface area contributed by atoms with E-state index < -0.39 is 0 Å². The van der Waals surface area contributed by atoms with Gasteiger partial charge >= 0.3 is 0 Å². The van der Waals surface area contributed by atoms with Crippen molar-refractivity contribution in [1.82, 2.24) is 9.97 Å². The predicted molar refractivity (Wildman–Crippen MR) is 105 cm³/mol. The Labute approximate surface area is 161 Å². The molecule has 0 atom stereocenters. The number of nitrogens with one attached hydrogen (secondary N) is 2. The molecule has 4 rings (SSSR count). The van der Waals surface area contributed by atoms with Gasteiger partial charge in [-0.1, -0.05) is 0 Å². The van der Waals surface area contributed by atoms with Gasteiger partial charge in [-0.2, -0.15) is 0 Å². The molecule has 0 saturated carbocycles. The standard InChI is InChI=1S/C19H19N5O4/c1-25-12-4-5-13(15(8-12)26-2)24-19-17(20)18(21-9-22-19)23-11-3-6-14-16(7-11)28-10-27-14/h3-9H,10,20H2,1-2H3,(H2,21,22,23,24). The first-order chi connectivity index (χ1) is 13.7. The average molecular weight is 381 g/mol. The summed E-state index contributed by atoms with van der Waals surface area (Å²) in [6, 6.07) is 10.9. The lowest BCUT2D eigenvalue weighted by Gasteiger charge is -2.15. The van der Waals surface area contributed by atoms with Crippen LogP contribution in [-0.2, 0) is 0 Å². The van der Waals surface area contributed by atoms with E-state index in [9.17, 15) is 0 Å². The summed E-state index contributed by atoms with van der Waals surface area (Å²) >= 11 is 0. The van der Waals surface area contributed by atoms with Gasteiger partial charge in [0.15, 0.2) is 23.1 Å². The van der Waals surface area contributed by atoms with E-state index in [4.69, 9.17) is 24.7 Å². The van der Waals surface area contributed by atoms with Gasteiger partial charge in [0.2, 0.25) is 6.79 Å². The van der Waals surface area contributed by atoms with Crippen LogP contribution >= 0.6 is 0 Å². The van der Waals surface area contributed by atoms with Crippen molar-refractivity contribution in [3.63, 3.8) is 0 Å². The maximum atomic E-state index is 6.27. The van der Waals surface area contributed by atoms with Gasteiger partial charge < -0.3 is 35.3 Å². The monoisotopic (exact) mass is 381 g/mol. The van der Waals surface area contributed by atoms with Crippen LogP contribution in [0.2, 0.25) is 0 Å². The van der Waals surface area contributed by atoms with Crippen LogP contribution in [0.15, 0.2) is 42.7 Å². The molecule has 0 unspecified atom stereocenters. The summed E-state index contributed by atoms with van der Waals surface area (Å²) in [5, 5.41) is 6.34. The Kier molecular flexibility index (Phi) is 4.63. The van der Waals surface area contributed by atoms with E-state index in [-0.39, 0.29) is 6.79 Å². The number of nitrogen functional groups attached to an aromatic ring is 1. The van der Waals surface area contributed by atoms with Crippen LogP contribution in [0.25, 0.3) is 0 Å². The highest BCUT2D eigenvalue weighted by Crippen LogP contribution is 2.37. The molecule has 0 radical (unpaired) electrons. The molecule has 0 aliphatic carbocycles. The molecule has 0 fully saturated rings. The van der Waals surface area contributed by atoms with Crippen molar-refractivity contribution >= 4 is 28.7 Å². The summed E-state index contributed by atoms with van der Waals surface area (Å²) in [5.41, 5.74) is 8.09. The molecule has 2 heterocycles. The van der Waals surface area contributed by atoms with Crippen LogP contribution in [0, 0.1) is 0 Å². The third-order valence-corrected chi connectivity index (χ3v) is 4.18. The van der Waals surface area contributed by atoms with E-state index in [1.807, 2.05) is 30.3 Å². The Hall–Kier alpha value is -3.88. The summed E-state index contributed by atoms with van der Waals surface area (Å²) in [5.74, 6) is 3.56. The number of nitrogens with zero attached hydrogens (tertiary/aromatic N) is 2. The van der Waals surface area contributed by atoms with Crippen LogP contribution in [-0.4, -0.2) is 31.0 Å². The summed E-state index contributed by atoms with van der Waals surface area (Å²) in [6.45, 7) is 0.214. The second-order valence-electron chi connectivity index (χ2n) is 5.87. The van der Waals surface area contributed by atoms with Crippen molar-refractivity contribution in [2.24, 2.45) is 0 Å². The molecule has 3 aromatic rings. The largest absolute Gasteiger partial charge is 0.497 e. The summed E-state index contributed by atoms with van der Waals surface area (Å²) in [6.07, 6.45) is 1.42. The molecule has 9 nitrogen and oxygen atoms in total.